The maximum Gasteiger partial charge on any atom is 0.259 e. The van der Waals surface area contributed by atoms with E-state index in [1.54, 1.807) is 74.5 Å². The Kier molecular flexibility index (Phi) is 14.3. The quantitative estimate of drug-likeness (QED) is 0.100. The third kappa shape index (κ3) is 10.1. The number of carbonyl (C=O) groups is 2. The zero-order valence-corrected chi connectivity index (χ0v) is 33.0. The first-order chi connectivity index (χ1) is 28.6. The van der Waals surface area contributed by atoms with Crippen LogP contribution in [0.25, 0.3) is 21.5 Å². The third-order valence-electron chi connectivity index (χ3n) is 8.61. The first-order valence-electron chi connectivity index (χ1n) is 17.7. The summed E-state index contributed by atoms with van der Waals surface area (Å²) >= 11 is 2.21. The minimum absolute atomic E-state index is 0. The molecule has 0 fully saturated rings. The number of benzene rings is 6. The molecule has 0 aliphatic carbocycles. The summed E-state index contributed by atoms with van der Waals surface area (Å²) < 4.78 is 8.00. The number of anilines is 3. The molecule has 13 nitrogen and oxygen atoms in total. The summed E-state index contributed by atoms with van der Waals surface area (Å²) in [5.74, 6) is -1.09. The van der Waals surface area contributed by atoms with E-state index in [1.807, 2.05) is 72.8 Å². The van der Waals surface area contributed by atoms with Gasteiger partial charge in [0.25, 0.3) is 11.8 Å². The number of para-hydroxylation sites is 2. The van der Waals surface area contributed by atoms with E-state index in [0.29, 0.717) is 43.6 Å². The van der Waals surface area contributed by atoms with Gasteiger partial charge in [0.1, 0.15) is 39.7 Å². The number of phenolic OH excluding ortho intramolecular Hbond substituents is 2. The van der Waals surface area contributed by atoms with Crippen molar-refractivity contribution in [1.82, 2.24) is 8.75 Å². The van der Waals surface area contributed by atoms with Crippen LogP contribution in [0.1, 0.15) is 50.7 Å². The molecular weight excluding hydrogens is 795 g/mol. The molecule has 2 aromatic heterocycles. The summed E-state index contributed by atoms with van der Waals surface area (Å²) in [6.07, 6.45) is 0. The molecule has 6 aromatic carbocycles. The van der Waals surface area contributed by atoms with Crippen molar-refractivity contribution in [3.63, 3.8) is 0 Å². The number of hydrogen-bond acceptors (Lipinski definition) is 13. The monoisotopic (exact) mass is 831 g/mol. The molecule has 0 spiro atoms. The van der Waals surface area contributed by atoms with Crippen molar-refractivity contribution in [3.8, 4) is 23.6 Å². The minimum atomic E-state index is -0.466. The van der Waals surface area contributed by atoms with Crippen molar-refractivity contribution in [2.75, 3.05) is 16.4 Å². The van der Waals surface area contributed by atoms with Crippen molar-refractivity contribution >= 4 is 83.5 Å². The van der Waals surface area contributed by atoms with Crippen LogP contribution in [-0.4, -0.2) is 30.8 Å². The summed E-state index contributed by atoms with van der Waals surface area (Å²) in [5.41, 5.74) is 9.34. The highest BCUT2D eigenvalue weighted by Gasteiger charge is 2.19. The van der Waals surface area contributed by atoms with E-state index in [-0.39, 0.29) is 41.6 Å². The zero-order valence-electron chi connectivity index (χ0n) is 31.4. The summed E-state index contributed by atoms with van der Waals surface area (Å²) in [6, 6.07) is 41.9. The van der Waals surface area contributed by atoms with Gasteiger partial charge in [-0.15, -0.1) is 10.2 Å². The van der Waals surface area contributed by atoms with Crippen LogP contribution in [0.3, 0.4) is 0 Å². The molecule has 8 aromatic rings. The molecule has 2 heterocycles. The Morgan fingerprint density at radius 1 is 0.650 bits per heavy atom. The number of hydrogen-bond donors (Lipinski definition) is 5. The largest absolute Gasteiger partial charge is 0.507 e. The zero-order chi connectivity index (χ0) is 41.9. The fourth-order valence-corrected chi connectivity index (χ4v) is 6.90. The molecule has 15 heteroatoms. The van der Waals surface area contributed by atoms with Crippen molar-refractivity contribution in [2.45, 2.75) is 21.3 Å². The molecule has 0 radical (unpaired) electrons. The number of amides is 2. The lowest BCUT2D eigenvalue weighted by molar-refractivity contribution is 0.101. The summed E-state index contributed by atoms with van der Waals surface area (Å²) in [6.45, 7) is 3.49. The first kappa shape index (κ1) is 43.1. The van der Waals surface area contributed by atoms with Gasteiger partial charge in [-0.25, -0.2) is 0 Å². The molecule has 6 N–H and O–H groups in total. The number of nitrogens with one attached hydrogen (secondary N) is 2. The highest BCUT2D eigenvalue weighted by molar-refractivity contribution is 7.10. The number of rotatable bonds is 6. The maximum absolute atomic E-state index is 12.8. The van der Waals surface area contributed by atoms with E-state index in [2.05, 4.69) is 35.7 Å². The average molecular weight is 832 g/mol. The van der Waals surface area contributed by atoms with Gasteiger partial charge in [0.15, 0.2) is 10.8 Å². The van der Waals surface area contributed by atoms with Crippen molar-refractivity contribution in [3.05, 3.63) is 161 Å². The topological polar surface area (TPSA) is 223 Å². The predicted octanol–water partition coefficient (Wildman–Crippen LogP) is 11.2. The highest BCUT2D eigenvalue weighted by Crippen LogP contribution is 2.40. The lowest BCUT2D eigenvalue weighted by Gasteiger charge is -2.11. The average Bonchev–Trinajstić information content (AvgIpc) is 3.78. The SMILES string of the molecule is C.Cc1nsc(N)c1C#N.Cc1nsc(N=Nc2c(O)c(C(=O)Nc3ccccc3)cc3ccccc23)c1C#N.O=C(Nc1ccccc1)c1cc2ccccc2cc1O. The molecule has 0 unspecified atom stereocenters. The van der Waals surface area contributed by atoms with Gasteiger partial charge in [0, 0.05) is 16.8 Å². The van der Waals surface area contributed by atoms with E-state index < -0.39 is 5.91 Å². The van der Waals surface area contributed by atoms with Crippen LogP contribution >= 0.6 is 23.1 Å². The maximum atomic E-state index is 12.8. The Bertz CT molecular complexity index is 2900. The van der Waals surface area contributed by atoms with Gasteiger partial charge < -0.3 is 26.6 Å². The number of fused-ring (bicyclic) bond motifs is 2. The molecule has 0 aliphatic rings. The fraction of sp³-hybridized carbons (Fsp3) is 0.0667. The Hall–Kier alpha value is -7.98. The number of nitrogens with zero attached hydrogens (tertiary/aromatic N) is 6. The van der Waals surface area contributed by atoms with Crippen LogP contribution in [0.2, 0.25) is 0 Å². The summed E-state index contributed by atoms with van der Waals surface area (Å²) in [7, 11) is 0. The highest BCUT2D eigenvalue weighted by atomic mass is 32.1. The van der Waals surface area contributed by atoms with Gasteiger partial charge in [-0.2, -0.15) is 19.3 Å². The van der Waals surface area contributed by atoms with Crippen LogP contribution in [0.4, 0.5) is 27.1 Å². The molecule has 0 atom stereocenters. The van der Waals surface area contributed by atoms with E-state index in [9.17, 15) is 25.1 Å². The second-order valence-corrected chi connectivity index (χ2v) is 14.1. The standard InChI is InChI=1S/C22H15N5O2S.C17H13NO2.C5H5N3S.CH4/c1-13-18(12-23)22(30-27-13)26-25-19-16-10-6-5-7-14(16)11-17(20(19)28)21(29)24-15-8-3-2-4-9-15;19-16-11-13-7-5-4-6-12(13)10-15(16)17(20)18-14-8-2-1-3-9-14;1-3-4(2-6)5(7)9-8-3;/h2-11,28H,1H3,(H,24,29);1-11,19H,(H,18,20);7H2,1H3;1H4. The first-order valence-corrected chi connectivity index (χ1v) is 19.2. The molecule has 0 bridgehead atoms. The van der Waals surface area contributed by atoms with Crippen LogP contribution < -0.4 is 16.4 Å². The Morgan fingerprint density at radius 2 is 1.13 bits per heavy atom. The second-order valence-electron chi connectivity index (χ2n) is 12.6. The predicted molar refractivity (Wildman–Crippen MR) is 238 cm³/mol. The van der Waals surface area contributed by atoms with E-state index in [1.165, 1.54) is 0 Å². The lowest BCUT2D eigenvalue weighted by atomic mass is 10.0. The van der Waals surface area contributed by atoms with E-state index in [0.717, 1.165) is 44.9 Å². The van der Waals surface area contributed by atoms with E-state index in [4.69, 9.17) is 11.0 Å². The van der Waals surface area contributed by atoms with Crippen molar-refractivity contribution in [1.29, 1.82) is 10.5 Å². The van der Waals surface area contributed by atoms with Gasteiger partial charge in [-0.3, -0.25) is 9.59 Å². The molecular formula is C45H37N9O4S2. The lowest BCUT2D eigenvalue weighted by Crippen LogP contribution is -2.12. The van der Waals surface area contributed by atoms with Crippen molar-refractivity contribution in [2.24, 2.45) is 10.2 Å². The van der Waals surface area contributed by atoms with Crippen LogP contribution in [0.15, 0.2) is 138 Å². The second kappa shape index (κ2) is 19.9. The van der Waals surface area contributed by atoms with Crippen molar-refractivity contribution < 1.29 is 19.8 Å². The molecule has 298 valence electrons. The van der Waals surface area contributed by atoms with Gasteiger partial charge in [-0.1, -0.05) is 92.4 Å². The number of aryl methyl sites for hydroxylation is 2. The van der Waals surface area contributed by atoms with Crippen LogP contribution in [0.5, 0.6) is 11.5 Å². The number of nitrogen functional groups attached to an aromatic ring is 1. The molecule has 0 saturated carbocycles. The summed E-state index contributed by atoms with van der Waals surface area (Å²) in [4.78, 5) is 25.0. The molecule has 2 amide bonds. The Morgan fingerprint density at radius 3 is 1.68 bits per heavy atom. The minimum Gasteiger partial charge on any atom is -0.507 e. The number of carbonyl (C=O) groups excluding carboxylic acids is 2. The normalized spacial score (nSPS) is 10.3. The number of aromatic nitrogens is 2. The fourth-order valence-electron chi connectivity index (χ4n) is 5.62. The number of phenols is 2. The van der Waals surface area contributed by atoms with Gasteiger partial charge >= 0.3 is 0 Å². The molecule has 60 heavy (non-hydrogen) atoms. The number of aromatic hydroxyl groups is 2. The number of nitrogens with two attached hydrogens (primary N) is 1. The van der Waals surface area contributed by atoms with E-state index >= 15 is 0 Å². The molecule has 0 aliphatic heterocycles. The van der Waals surface area contributed by atoms with Gasteiger partial charge in [0.05, 0.1) is 22.5 Å². The molecule has 0 saturated heterocycles. The van der Waals surface area contributed by atoms with Crippen LogP contribution in [0, 0.1) is 36.5 Å². The van der Waals surface area contributed by atoms with Gasteiger partial charge in [-0.05, 0) is 95.5 Å². The summed E-state index contributed by atoms with van der Waals surface area (Å²) in [5, 5.41) is 56.4. The van der Waals surface area contributed by atoms with Gasteiger partial charge in [0.2, 0.25) is 0 Å². The Balaban J connectivity index is 0.000000195. The van der Waals surface area contributed by atoms with Crippen LogP contribution in [-0.2, 0) is 0 Å². The number of nitriles is 2. The smallest absolute Gasteiger partial charge is 0.259 e. The third-order valence-corrected chi connectivity index (χ3v) is 10.2. The Labute approximate surface area is 353 Å². The number of azo groups is 1. The molecule has 8 rings (SSSR count).